The Labute approximate surface area is 190 Å². The Kier molecular flexibility index (Phi) is 6.74. The largest absolute Gasteiger partial charge is 0.391 e. The lowest BCUT2D eigenvalue weighted by molar-refractivity contribution is 0.119. The maximum absolute atomic E-state index is 7.03. The second-order valence-electron chi connectivity index (χ2n) is 8.40. The molecule has 3 aromatic carbocycles. The van der Waals surface area contributed by atoms with Crippen molar-refractivity contribution in [2.24, 2.45) is 5.16 Å². The van der Waals surface area contributed by atoms with Gasteiger partial charge >= 0.3 is 0 Å². The van der Waals surface area contributed by atoms with Crippen molar-refractivity contribution in [3.8, 4) is 0 Å². The van der Waals surface area contributed by atoms with E-state index in [-0.39, 0.29) is 17.5 Å². The first-order chi connectivity index (χ1) is 15.0. The van der Waals surface area contributed by atoms with E-state index in [2.05, 4.69) is 79.5 Å². The summed E-state index contributed by atoms with van der Waals surface area (Å²) in [5, 5.41) is 4.28. The number of likely N-dealkylation sites (tertiary alicyclic amines) is 1. The van der Waals surface area contributed by atoms with Crippen molar-refractivity contribution >= 4 is 17.3 Å². The minimum absolute atomic E-state index is 0.0152. The van der Waals surface area contributed by atoms with E-state index in [1.54, 1.807) is 0 Å². The summed E-state index contributed by atoms with van der Waals surface area (Å²) in [5.41, 5.74) is 6.95. The van der Waals surface area contributed by atoms with E-state index >= 15 is 0 Å². The van der Waals surface area contributed by atoms with Gasteiger partial charge < -0.3 is 4.84 Å². The molecule has 31 heavy (non-hydrogen) atoms. The number of rotatable bonds is 5. The highest BCUT2D eigenvalue weighted by Crippen LogP contribution is 2.42. The second kappa shape index (κ2) is 9.67. The van der Waals surface area contributed by atoms with Crippen LogP contribution >= 0.6 is 11.6 Å². The van der Waals surface area contributed by atoms with Gasteiger partial charge in [0.1, 0.15) is 6.61 Å². The number of nitrogens with zero attached hydrogens (tertiary/aromatic N) is 2. The van der Waals surface area contributed by atoms with E-state index in [0.29, 0.717) is 6.61 Å². The summed E-state index contributed by atoms with van der Waals surface area (Å²) in [6.07, 6.45) is 0.741. The van der Waals surface area contributed by atoms with Gasteiger partial charge in [-0.3, -0.25) is 4.90 Å². The highest BCUT2D eigenvalue weighted by atomic mass is 35.5. The molecule has 0 spiro atoms. The third-order valence-corrected chi connectivity index (χ3v) is 6.56. The van der Waals surface area contributed by atoms with Gasteiger partial charge in [-0.25, -0.2) is 0 Å². The lowest BCUT2D eigenvalue weighted by Crippen LogP contribution is -2.44. The van der Waals surface area contributed by atoms with E-state index in [1.165, 1.54) is 22.3 Å². The maximum Gasteiger partial charge on any atom is 0.142 e. The summed E-state index contributed by atoms with van der Waals surface area (Å²) in [6, 6.07) is 27.7. The molecule has 0 N–H and O–H groups in total. The zero-order chi connectivity index (χ0) is 21.8. The molecule has 0 amide bonds. The first kappa shape index (κ1) is 21.6. The average molecular weight is 433 g/mol. The standard InChI is InChI=1S/C27H29ClN2O/c1-19-9-13-22(14-10-19)25-17-24(29-31-18-21-7-5-4-6-8-21)26(28)27(30(25)3)23-15-11-20(2)12-16-23/h4-16,25-27H,17-18H2,1-3H3/b29-24+. The van der Waals surface area contributed by atoms with Gasteiger partial charge in [-0.15, -0.1) is 11.6 Å². The molecular formula is C27H29ClN2O. The zero-order valence-corrected chi connectivity index (χ0v) is 19.1. The number of piperidine rings is 1. The van der Waals surface area contributed by atoms with Gasteiger partial charge in [0.2, 0.25) is 0 Å². The fourth-order valence-electron chi connectivity index (χ4n) is 4.20. The van der Waals surface area contributed by atoms with Gasteiger partial charge in [-0.05, 0) is 37.6 Å². The molecule has 0 aromatic heterocycles. The Morgan fingerprint density at radius 2 is 1.45 bits per heavy atom. The average Bonchev–Trinajstić information content (AvgIpc) is 2.78. The van der Waals surface area contributed by atoms with Crippen molar-refractivity contribution in [2.45, 2.75) is 44.3 Å². The smallest absolute Gasteiger partial charge is 0.142 e. The summed E-state index contributed by atoms with van der Waals surface area (Å²) >= 11 is 7.03. The number of aryl methyl sites for hydroxylation is 2. The number of hydrogen-bond acceptors (Lipinski definition) is 3. The third-order valence-electron chi connectivity index (χ3n) is 6.07. The maximum atomic E-state index is 7.03. The van der Waals surface area contributed by atoms with Gasteiger partial charge in [0, 0.05) is 12.5 Å². The number of benzene rings is 3. The Morgan fingerprint density at radius 1 is 0.871 bits per heavy atom. The van der Waals surface area contributed by atoms with Crippen LogP contribution in [0.1, 0.15) is 46.3 Å². The lowest BCUT2D eigenvalue weighted by Gasteiger charge is -2.43. The van der Waals surface area contributed by atoms with Crippen LogP contribution in [0.5, 0.6) is 0 Å². The van der Waals surface area contributed by atoms with E-state index in [1.807, 2.05) is 30.3 Å². The van der Waals surface area contributed by atoms with Crippen molar-refractivity contribution in [1.82, 2.24) is 4.90 Å². The van der Waals surface area contributed by atoms with Crippen LogP contribution in [0.4, 0.5) is 0 Å². The highest BCUT2D eigenvalue weighted by Gasteiger charge is 2.40. The van der Waals surface area contributed by atoms with Crippen LogP contribution in [0.3, 0.4) is 0 Å². The molecule has 3 nitrogen and oxygen atoms in total. The molecule has 1 aliphatic heterocycles. The van der Waals surface area contributed by atoms with Crippen molar-refractivity contribution < 1.29 is 4.84 Å². The normalized spacial score (nSPS) is 23.1. The first-order valence-corrected chi connectivity index (χ1v) is 11.2. The summed E-state index contributed by atoms with van der Waals surface area (Å²) < 4.78 is 0. The minimum Gasteiger partial charge on any atom is -0.391 e. The molecule has 1 fully saturated rings. The fraction of sp³-hybridized carbons (Fsp3) is 0.296. The molecule has 3 atom stereocenters. The molecule has 1 aliphatic rings. The van der Waals surface area contributed by atoms with Gasteiger partial charge in [0.15, 0.2) is 0 Å². The molecule has 3 unspecified atom stereocenters. The molecule has 1 saturated heterocycles. The Hall–Kier alpha value is -2.62. The Balaban J connectivity index is 1.64. The van der Waals surface area contributed by atoms with Crippen molar-refractivity contribution in [2.75, 3.05) is 7.05 Å². The molecule has 0 saturated carbocycles. The van der Waals surface area contributed by atoms with Crippen LogP contribution in [0, 0.1) is 13.8 Å². The number of halogens is 1. The van der Waals surface area contributed by atoms with Crippen molar-refractivity contribution in [3.05, 3.63) is 107 Å². The van der Waals surface area contributed by atoms with E-state index in [9.17, 15) is 0 Å². The van der Waals surface area contributed by atoms with Crippen LogP contribution in [0.2, 0.25) is 0 Å². The quantitative estimate of drug-likeness (QED) is 0.335. The van der Waals surface area contributed by atoms with Gasteiger partial charge in [0.25, 0.3) is 0 Å². The van der Waals surface area contributed by atoms with Crippen molar-refractivity contribution in [3.63, 3.8) is 0 Å². The van der Waals surface area contributed by atoms with Crippen LogP contribution < -0.4 is 0 Å². The van der Waals surface area contributed by atoms with E-state index < -0.39 is 0 Å². The van der Waals surface area contributed by atoms with Crippen LogP contribution in [-0.4, -0.2) is 23.0 Å². The molecule has 3 aromatic rings. The van der Waals surface area contributed by atoms with Gasteiger partial charge in [-0.1, -0.05) is 95.1 Å². The molecule has 4 rings (SSSR count). The molecule has 160 valence electrons. The summed E-state index contributed by atoms with van der Waals surface area (Å²) in [7, 11) is 2.16. The predicted octanol–water partition coefficient (Wildman–Crippen LogP) is 6.60. The molecular weight excluding hydrogens is 404 g/mol. The lowest BCUT2D eigenvalue weighted by atomic mass is 9.86. The summed E-state index contributed by atoms with van der Waals surface area (Å²) in [5.74, 6) is 0. The van der Waals surface area contributed by atoms with Crippen LogP contribution in [0.15, 0.2) is 84.0 Å². The topological polar surface area (TPSA) is 24.8 Å². The molecule has 0 radical (unpaired) electrons. The second-order valence-corrected chi connectivity index (χ2v) is 8.87. The highest BCUT2D eigenvalue weighted by molar-refractivity contribution is 6.33. The summed E-state index contributed by atoms with van der Waals surface area (Å²) in [6.45, 7) is 4.66. The van der Waals surface area contributed by atoms with E-state index in [0.717, 1.165) is 17.7 Å². The fourth-order valence-corrected chi connectivity index (χ4v) is 4.65. The minimum atomic E-state index is -0.259. The SMILES string of the molecule is Cc1ccc(C2C/C(=N\OCc3ccccc3)C(Cl)C(c3ccc(C)cc3)N2C)cc1. The number of oxime groups is 1. The molecule has 0 bridgehead atoms. The number of alkyl halides is 1. The molecule has 4 heteroatoms. The summed E-state index contributed by atoms with van der Waals surface area (Å²) in [4.78, 5) is 8.13. The Morgan fingerprint density at radius 3 is 2.06 bits per heavy atom. The zero-order valence-electron chi connectivity index (χ0n) is 18.3. The monoisotopic (exact) mass is 432 g/mol. The van der Waals surface area contributed by atoms with E-state index in [4.69, 9.17) is 16.4 Å². The predicted molar refractivity (Wildman–Crippen MR) is 129 cm³/mol. The third kappa shape index (κ3) is 5.00. The van der Waals surface area contributed by atoms with Gasteiger partial charge in [0.05, 0.1) is 17.1 Å². The first-order valence-electron chi connectivity index (χ1n) is 10.7. The van der Waals surface area contributed by atoms with Crippen molar-refractivity contribution in [1.29, 1.82) is 0 Å². The molecule has 0 aliphatic carbocycles. The van der Waals surface area contributed by atoms with Crippen LogP contribution in [-0.2, 0) is 11.4 Å². The number of hydrogen-bond donors (Lipinski definition) is 0. The molecule has 1 heterocycles. The van der Waals surface area contributed by atoms with Crippen LogP contribution in [0.25, 0.3) is 0 Å². The van der Waals surface area contributed by atoms with Gasteiger partial charge in [-0.2, -0.15) is 0 Å². The Bertz CT molecular complexity index is 1020.